The Morgan fingerprint density at radius 3 is 2.46 bits per heavy atom. The Kier molecular flexibility index (Phi) is 4.99. The maximum atomic E-state index is 10.8. The molecule has 0 spiro atoms. The summed E-state index contributed by atoms with van der Waals surface area (Å²) in [7, 11) is 0. The van der Waals surface area contributed by atoms with Gasteiger partial charge in [-0.2, -0.15) is 0 Å². The van der Waals surface area contributed by atoms with E-state index in [0.717, 1.165) is 22.6 Å². The Morgan fingerprint density at radius 2 is 1.75 bits per heavy atom. The Labute approximate surface area is 144 Å². The van der Waals surface area contributed by atoms with Crippen molar-refractivity contribution >= 4 is 17.6 Å². The number of hydrogen-bond donors (Lipinski definition) is 2. The van der Waals surface area contributed by atoms with Crippen molar-refractivity contribution in [1.82, 2.24) is 5.32 Å². The summed E-state index contributed by atoms with van der Waals surface area (Å²) in [6.45, 7) is 1.20. The molecule has 2 N–H and O–H groups in total. The summed E-state index contributed by atoms with van der Waals surface area (Å²) in [4.78, 5) is 10.8. The van der Waals surface area contributed by atoms with Gasteiger partial charge in [0.1, 0.15) is 11.5 Å². The van der Waals surface area contributed by atoms with E-state index in [2.05, 4.69) is 5.32 Å². The molecule has 0 fully saturated rings. The average molecular weight is 342 g/mol. The van der Waals surface area contributed by atoms with E-state index in [9.17, 15) is 4.79 Å². The van der Waals surface area contributed by atoms with Crippen LogP contribution in [0.25, 0.3) is 11.3 Å². The fourth-order valence-electron chi connectivity index (χ4n) is 2.37. The van der Waals surface area contributed by atoms with Crippen LogP contribution in [0.15, 0.2) is 65.1 Å². The van der Waals surface area contributed by atoms with Crippen LogP contribution in [0.5, 0.6) is 0 Å². The second-order valence-corrected chi connectivity index (χ2v) is 5.76. The number of aromatic carboxylic acids is 1. The SMILES string of the molecule is O=C(O)c1ccc(CNCc2ccc(-c3ccccc3Cl)o2)cc1. The smallest absolute Gasteiger partial charge is 0.335 e. The van der Waals surface area contributed by atoms with E-state index >= 15 is 0 Å². The lowest BCUT2D eigenvalue weighted by atomic mass is 10.1. The molecular weight excluding hydrogens is 326 g/mol. The highest BCUT2D eigenvalue weighted by Crippen LogP contribution is 2.28. The number of carboxylic acid groups (broad SMARTS) is 1. The van der Waals surface area contributed by atoms with Crippen molar-refractivity contribution in [1.29, 1.82) is 0 Å². The highest BCUT2D eigenvalue weighted by Gasteiger charge is 2.08. The van der Waals surface area contributed by atoms with Crippen LogP contribution in [-0.4, -0.2) is 11.1 Å². The molecule has 5 heteroatoms. The molecule has 1 aromatic heterocycles. The molecule has 0 atom stereocenters. The van der Waals surface area contributed by atoms with E-state index in [1.54, 1.807) is 24.3 Å². The lowest BCUT2D eigenvalue weighted by Crippen LogP contribution is -2.12. The summed E-state index contributed by atoms with van der Waals surface area (Å²) < 4.78 is 5.81. The Morgan fingerprint density at radius 1 is 1.00 bits per heavy atom. The van der Waals surface area contributed by atoms with Gasteiger partial charge in [0.05, 0.1) is 17.1 Å². The molecule has 0 aliphatic rings. The van der Waals surface area contributed by atoms with Crippen LogP contribution in [0, 0.1) is 0 Å². The first-order valence-corrected chi connectivity index (χ1v) is 7.88. The van der Waals surface area contributed by atoms with E-state index in [0.29, 0.717) is 18.1 Å². The van der Waals surface area contributed by atoms with Crippen molar-refractivity contribution in [3.8, 4) is 11.3 Å². The predicted octanol–water partition coefficient (Wildman–Crippen LogP) is 4.59. The average Bonchev–Trinajstić information content (AvgIpc) is 3.04. The van der Waals surface area contributed by atoms with E-state index < -0.39 is 5.97 Å². The highest BCUT2D eigenvalue weighted by molar-refractivity contribution is 6.33. The van der Waals surface area contributed by atoms with Crippen molar-refractivity contribution < 1.29 is 14.3 Å². The first kappa shape index (κ1) is 16.3. The molecule has 0 aliphatic heterocycles. The molecule has 1 heterocycles. The van der Waals surface area contributed by atoms with E-state index in [-0.39, 0.29) is 5.56 Å². The number of carboxylic acids is 1. The molecule has 0 unspecified atom stereocenters. The molecule has 4 nitrogen and oxygen atoms in total. The summed E-state index contributed by atoms with van der Waals surface area (Å²) in [6, 6.07) is 18.2. The lowest BCUT2D eigenvalue weighted by Gasteiger charge is -2.04. The summed E-state index contributed by atoms with van der Waals surface area (Å²) in [6.07, 6.45) is 0. The van der Waals surface area contributed by atoms with Gasteiger partial charge in [0.25, 0.3) is 0 Å². The standard InChI is InChI=1S/C19H16ClNO3/c20-17-4-2-1-3-16(17)18-10-9-15(24-18)12-21-11-13-5-7-14(8-6-13)19(22)23/h1-10,21H,11-12H2,(H,22,23). The van der Waals surface area contributed by atoms with Crippen molar-refractivity contribution in [2.75, 3.05) is 0 Å². The Hall–Kier alpha value is -2.56. The van der Waals surface area contributed by atoms with E-state index in [4.69, 9.17) is 21.1 Å². The molecular formula is C19H16ClNO3. The molecule has 0 aliphatic carbocycles. The second-order valence-electron chi connectivity index (χ2n) is 5.35. The van der Waals surface area contributed by atoms with Crippen LogP contribution in [0.1, 0.15) is 21.7 Å². The largest absolute Gasteiger partial charge is 0.478 e. The van der Waals surface area contributed by atoms with Gasteiger partial charge in [-0.15, -0.1) is 0 Å². The number of rotatable bonds is 6. The molecule has 24 heavy (non-hydrogen) atoms. The maximum absolute atomic E-state index is 10.8. The minimum absolute atomic E-state index is 0.286. The molecule has 0 amide bonds. The van der Waals surface area contributed by atoms with Gasteiger partial charge in [-0.1, -0.05) is 35.9 Å². The van der Waals surface area contributed by atoms with Gasteiger partial charge < -0.3 is 14.8 Å². The highest BCUT2D eigenvalue weighted by atomic mass is 35.5. The molecule has 0 bridgehead atoms. The number of furan rings is 1. The van der Waals surface area contributed by atoms with Gasteiger partial charge in [0.2, 0.25) is 0 Å². The van der Waals surface area contributed by atoms with Crippen LogP contribution in [0.3, 0.4) is 0 Å². The third kappa shape index (κ3) is 3.85. The number of hydrogen-bond acceptors (Lipinski definition) is 3. The fraction of sp³-hybridized carbons (Fsp3) is 0.105. The van der Waals surface area contributed by atoms with Crippen molar-refractivity contribution in [3.05, 3.63) is 82.6 Å². The van der Waals surface area contributed by atoms with Crippen molar-refractivity contribution in [3.63, 3.8) is 0 Å². The molecule has 0 saturated carbocycles. The summed E-state index contributed by atoms with van der Waals surface area (Å²) in [5.41, 5.74) is 2.17. The van der Waals surface area contributed by atoms with Crippen LogP contribution < -0.4 is 5.32 Å². The van der Waals surface area contributed by atoms with Gasteiger partial charge in [-0.25, -0.2) is 4.79 Å². The van der Waals surface area contributed by atoms with E-state index in [1.165, 1.54) is 0 Å². The van der Waals surface area contributed by atoms with Crippen LogP contribution in [0.4, 0.5) is 0 Å². The van der Waals surface area contributed by atoms with Crippen molar-refractivity contribution in [2.24, 2.45) is 0 Å². The molecule has 3 rings (SSSR count). The summed E-state index contributed by atoms with van der Waals surface area (Å²) >= 11 is 6.17. The van der Waals surface area contributed by atoms with Gasteiger partial charge in [-0.05, 0) is 42.0 Å². The number of nitrogens with one attached hydrogen (secondary N) is 1. The number of benzene rings is 2. The third-order valence-electron chi connectivity index (χ3n) is 3.63. The Balaban J connectivity index is 1.58. The fourth-order valence-corrected chi connectivity index (χ4v) is 2.60. The van der Waals surface area contributed by atoms with E-state index in [1.807, 2.05) is 36.4 Å². The molecule has 122 valence electrons. The minimum Gasteiger partial charge on any atom is -0.478 e. The van der Waals surface area contributed by atoms with Crippen molar-refractivity contribution in [2.45, 2.75) is 13.1 Å². The second kappa shape index (κ2) is 7.34. The zero-order valence-electron chi connectivity index (χ0n) is 12.8. The summed E-state index contributed by atoms with van der Waals surface area (Å²) in [5, 5.41) is 12.8. The monoisotopic (exact) mass is 341 g/mol. The number of halogens is 1. The molecule has 0 saturated heterocycles. The van der Waals surface area contributed by atoms with Gasteiger partial charge in [-0.3, -0.25) is 0 Å². The maximum Gasteiger partial charge on any atom is 0.335 e. The van der Waals surface area contributed by atoms with Crippen LogP contribution in [0.2, 0.25) is 5.02 Å². The third-order valence-corrected chi connectivity index (χ3v) is 3.96. The zero-order chi connectivity index (χ0) is 16.9. The Bertz CT molecular complexity index is 840. The first-order chi connectivity index (χ1) is 11.6. The predicted molar refractivity (Wildman–Crippen MR) is 93.1 cm³/mol. The van der Waals surface area contributed by atoms with Gasteiger partial charge in [0.15, 0.2) is 0 Å². The van der Waals surface area contributed by atoms with Gasteiger partial charge >= 0.3 is 5.97 Å². The topological polar surface area (TPSA) is 62.5 Å². The minimum atomic E-state index is -0.919. The number of carbonyl (C=O) groups is 1. The normalized spacial score (nSPS) is 10.7. The molecule has 2 aromatic carbocycles. The van der Waals surface area contributed by atoms with Crippen LogP contribution in [-0.2, 0) is 13.1 Å². The quantitative estimate of drug-likeness (QED) is 0.688. The lowest BCUT2D eigenvalue weighted by molar-refractivity contribution is 0.0697. The summed E-state index contributed by atoms with van der Waals surface area (Å²) in [5.74, 6) is 0.632. The first-order valence-electron chi connectivity index (χ1n) is 7.50. The molecule has 3 aromatic rings. The van der Waals surface area contributed by atoms with Crippen LogP contribution >= 0.6 is 11.6 Å². The zero-order valence-corrected chi connectivity index (χ0v) is 13.6. The molecule has 0 radical (unpaired) electrons. The van der Waals surface area contributed by atoms with Gasteiger partial charge in [0, 0.05) is 12.1 Å².